The Morgan fingerprint density at radius 3 is 2.08 bits per heavy atom. The summed E-state index contributed by atoms with van der Waals surface area (Å²) >= 11 is 0. The average Bonchev–Trinajstić information content (AvgIpc) is 2.76. The van der Waals surface area contributed by atoms with Gasteiger partial charge in [-0.15, -0.1) is 12.4 Å². The first kappa shape index (κ1) is 22.7. The van der Waals surface area contributed by atoms with Crippen molar-refractivity contribution in [3.8, 4) is 0 Å². The zero-order valence-electron chi connectivity index (χ0n) is 14.7. The molecule has 1 aromatic heterocycles. The molecule has 0 bridgehead atoms. The van der Waals surface area contributed by atoms with Crippen LogP contribution in [0.3, 0.4) is 0 Å². The van der Waals surface area contributed by atoms with E-state index in [2.05, 4.69) is 34.4 Å². The Kier molecular flexibility index (Phi) is 9.38. The Morgan fingerprint density at radius 2 is 1.62 bits per heavy atom. The molecule has 0 saturated heterocycles. The normalized spacial score (nSPS) is 11.2. The van der Waals surface area contributed by atoms with Crippen molar-refractivity contribution in [3.05, 3.63) is 11.4 Å². The lowest BCUT2D eigenvalue weighted by Gasteiger charge is -2.23. The van der Waals surface area contributed by atoms with Gasteiger partial charge in [-0.3, -0.25) is 0 Å². The maximum Gasteiger partial charge on any atom is 0.407 e. The summed E-state index contributed by atoms with van der Waals surface area (Å²) in [6.45, 7) is 0.0651. The SMILES string of the molecule is CNC(=O)OCc1nc(SS(C)(C)C)n(C)c1COC(=O)NC.Cl. The number of nitrogens with zero attached hydrogens (tertiary/aromatic N) is 2. The molecular formula is C13H25ClN4O4S2. The molecule has 2 N–H and O–H groups in total. The molecule has 0 fully saturated rings. The quantitative estimate of drug-likeness (QED) is 0.711. The minimum atomic E-state index is -0.882. The minimum Gasteiger partial charge on any atom is -0.443 e. The summed E-state index contributed by atoms with van der Waals surface area (Å²) in [5.41, 5.74) is 1.27. The van der Waals surface area contributed by atoms with Crippen LogP contribution in [0, 0.1) is 0 Å². The minimum absolute atomic E-state index is 0. The predicted octanol–water partition coefficient (Wildman–Crippen LogP) is 2.26. The smallest absolute Gasteiger partial charge is 0.407 e. The van der Waals surface area contributed by atoms with E-state index in [0.717, 1.165) is 5.16 Å². The van der Waals surface area contributed by atoms with E-state index in [1.54, 1.807) is 10.8 Å². The maximum atomic E-state index is 11.3. The molecule has 0 radical (unpaired) electrons. The second kappa shape index (κ2) is 9.90. The van der Waals surface area contributed by atoms with Crippen molar-refractivity contribution in [2.75, 3.05) is 32.9 Å². The fourth-order valence-electron chi connectivity index (χ4n) is 1.57. The van der Waals surface area contributed by atoms with Gasteiger partial charge < -0.3 is 24.7 Å². The van der Waals surface area contributed by atoms with Crippen molar-refractivity contribution < 1.29 is 19.1 Å². The highest BCUT2D eigenvalue weighted by Gasteiger charge is 2.20. The summed E-state index contributed by atoms with van der Waals surface area (Å²) in [5.74, 6) is 0. The molecule has 0 atom stereocenters. The van der Waals surface area contributed by atoms with Gasteiger partial charge in [-0.05, 0) is 29.6 Å². The van der Waals surface area contributed by atoms with Crippen LogP contribution >= 0.6 is 32.3 Å². The standard InChI is InChI=1S/C13H24N4O4S2.ClH/c1-14-12(18)20-7-9-10(8-21-13(19)15-2)17(3)11(16-9)22-23(4,5)6;/h7-8H2,1-6H3,(H,14,18)(H,15,19);1H. The molecule has 2 amide bonds. The zero-order chi connectivity index (χ0) is 17.6. The first-order valence-electron chi connectivity index (χ1n) is 6.79. The number of carbonyl (C=O) groups excluding carboxylic acids is 2. The molecular weight excluding hydrogens is 376 g/mol. The van der Waals surface area contributed by atoms with Gasteiger partial charge >= 0.3 is 12.2 Å². The number of carbonyl (C=O) groups is 2. The van der Waals surface area contributed by atoms with Crippen molar-refractivity contribution in [2.24, 2.45) is 7.05 Å². The number of halogens is 1. The van der Waals surface area contributed by atoms with Crippen LogP contribution in [0.4, 0.5) is 9.59 Å². The highest BCUT2D eigenvalue weighted by atomic mass is 35.5. The van der Waals surface area contributed by atoms with Crippen molar-refractivity contribution in [3.63, 3.8) is 0 Å². The first-order valence-corrected chi connectivity index (χ1v) is 11.0. The predicted molar refractivity (Wildman–Crippen MR) is 100 cm³/mol. The van der Waals surface area contributed by atoms with Gasteiger partial charge in [-0.2, -0.15) is 9.06 Å². The molecule has 0 saturated carbocycles. The summed E-state index contributed by atoms with van der Waals surface area (Å²) in [6, 6.07) is 0. The molecule has 1 aromatic rings. The molecule has 0 spiro atoms. The van der Waals surface area contributed by atoms with E-state index < -0.39 is 21.2 Å². The van der Waals surface area contributed by atoms with Crippen LogP contribution in [-0.2, 0) is 29.7 Å². The lowest BCUT2D eigenvalue weighted by Crippen LogP contribution is -2.21. The monoisotopic (exact) mass is 400 g/mol. The number of imidazole rings is 1. The van der Waals surface area contributed by atoms with Crippen LogP contribution in [0.25, 0.3) is 0 Å². The fourth-order valence-corrected chi connectivity index (χ4v) is 4.18. The van der Waals surface area contributed by atoms with Gasteiger partial charge in [0.15, 0.2) is 5.16 Å². The van der Waals surface area contributed by atoms with Crippen molar-refractivity contribution in [1.29, 1.82) is 0 Å². The molecule has 0 unspecified atom stereocenters. The van der Waals surface area contributed by atoms with Gasteiger partial charge in [-0.25, -0.2) is 14.6 Å². The van der Waals surface area contributed by atoms with Crippen LogP contribution in [0.1, 0.15) is 11.4 Å². The molecule has 24 heavy (non-hydrogen) atoms. The molecule has 0 aliphatic carbocycles. The van der Waals surface area contributed by atoms with Crippen molar-refractivity contribution in [1.82, 2.24) is 20.2 Å². The molecule has 0 aromatic carbocycles. The highest BCUT2D eigenvalue weighted by Crippen LogP contribution is 2.53. The summed E-state index contributed by atoms with van der Waals surface area (Å²) in [4.78, 5) is 27.1. The zero-order valence-corrected chi connectivity index (χ0v) is 17.1. The van der Waals surface area contributed by atoms with E-state index in [4.69, 9.17) is 9.47 Å². The Balaban J connectivity index is 0.00000529. The van der Waals surface area contributed by atoms with E-state index in [9.17, 15) is 9.59 Å². The number of hydrogen-bond donors (Lipinski definition) is 2. The van der Waals surface area contributed by atoms with Crippen LogP contribution in [0.2, 0.25) is 0 Å². The topological polar surface area (TPSA) is 94.5 Å². The lowest BCUT2D eigenvalue weighted by atomic mass is 10.3. The average molecular weight is 401 g/mol. The Labute approximate surface area is 153 Å². The second-order valence-corrected chi connectivity index (χ2v) is 12.8. The molecule has 1 heterocycles. The maximum absolute atomic E-state index is 11.3. The number of rotatable bonds is 6. The number of amides is 2. The van der Waals surface area contributed by atoms with Crippen LogP contribution in [0.5, 0.6) is 0 Å². The Bertz CT molecular complexity index is 575. The van der Waals surface area contributed by atoms with Gasteiger partial charge in [0.1, 0.15) is 18.9 Å². The van der Waals surface area contributed by atoms with E-state index in [-0.39, 0.29) is 25.6 Å². The Hall–Kier alpha value is -1.26. The van der Waals surface area contributed by atoms with Crippen LogP contribution < -0.4 is 10.6 Å². The van der Waals surface area contributed by atoms with Gasteiger partial charge in [0, 0.05) is 21.1 Å². The van der Waals surface area contributed by atoms with E-state index in [1.165, 1.54) is 14.1 Å². The van der Waals surface area contributed by atoms with Gasteiger partial charge in [0.25, 0.3) is 0 Å². The van der Waals surface area contributed by atoms with Gasteiger partial charge in [0.05, 0.1) is 5.69 Å². The summed E-state index contributed by atoms with van der Waals surface area (Å²) < 4.78 is 12.0. The highest BCUT2D eigenvalue weighted by molar-refractivity contribution is 8.93. The number of hydrogen-bond acceptors (Lipinski definition) is 6. The van der Waals surface area contributed by atoms with E-state index >= 15 is 0 Å². The summed E-state index contributed by atoms with van der Waals surface area (Å²) in [5, 5.41) is 5.58. The van der Waals surface area contributed by atoms with E-state index in [0.29, 0.717) is 11.4 Å². The fraction of sp³-hybridized carbons (Fsp3) is 0.615. The molecule has 140 valence electrons. The van der Waals surface area contributed by atoms with Crippen molar-refractivity contribution in [2.45, 2.75) is 18.4 Å². The lowest BCUT2D eigenvalue weighted by molar-refractivity contribution is 0.131. The number of nitrogens with one attached hydrogen (secondary N) is 2. The number of ether oxygens (including phenoxy) is 2. The molecule has 11 heteroatoms. The third kappa shape index (κ3) is 7.10. The molecule has 1 rings (SSSR count). The number of alkyl carbamates (subject to hydrolysis) is 2. The van der Waals surface area contributed by atoms with E-state index in [1.807, 2.05) is 11.6 Å². The third-order valence-electron chi connectivity index (χ3n) is 2.67. The van der Waals surface area contributed by atoms with Gasteiger partial charge in [0.2, 0.25) is 0 Å². The molecule has 8 nitrogen and oxygen atoms in total. The van der Waals surface area contributed by atoms with Gasteiger partial charge in [-0.1, -0.05) is 0 Å². The number of aromatic nitrogens is 2. The molecule has 0 aliphatic rings. The third-order valence-corrected chi connectivity index (χ3v) is 5.63. The van der Waals surface area contributed by atoms with Crippen LogP contribution in [0.15, 0.2) is 5.16 Å². The van der Waals surface area contributed by atoms with Crippen molar-refractivity contribution >= 4 is 44.4 Å². The Morgan fingerprint density at radius 1 is 1.12 bits per heavy atom. The second-order valence-electron chi connectivity index (χ2n) is 5.31. The molecule has 0 aliphatic heterocycles. The summed E-state index contributed by atoms with van der Waals surface area (Å²) in [6.07, 6.45) is 5.42. The largest absolute Gasteiger partial charge is 0.443 e. The first-order chi connectivity index (χ1) is 10.7. The summed E-state index contributed by atoms with van der Waals surface area (Å²) in [7, 11) is 5.62. The van der Waals surface area contributed by atoms with Crippen LogP contribution in [-0.4, -0.2) is 54.6 Å².